The molecule has 0 aliphatic rings. The number of ether oxygens (including phenoxy) is 2. The van der Waals surface area contributed by atoms with E-state index < -0.39 is 26.5 Å². The molecule has 9 nitrogen and oxygen atoms in total. The van der Waals surface area contributed by atoms with E-state index in [0.29, 0.717) is 6.42 Å². The summed E-state index contributed by atoms with van der Waals surface area (Å²) >= 11 is 0. The number of esters is 2. The highest BCUT2D eigenvalue weighted by molar-refractivity contribution is 7.47. The molecule has 10 heteroatoms. The van der Waals surface area contributed by atoms with Crippen LogP contribution in [0.5, 0.6) is 0 Å². The summed E-state index contributed by atoms with van der Waals surface area (Å²) in [6.07, 6.45) is 90.2. The zero-order valence-corrected chi connectivity index (χ0v) is 53.1. The van der Waals surface area contributed by atoms with E-state index in [4.69, 9.17) is 24.3 Å². The minimum Gasteiger partial charge on any atom is -0.462 e. The average molecular weight is 1150 g/mol. The Morgan fingerprint density at radius 2 is 0.642 bits per heavy atom. The fourth-order valence-corrected chi connectivity index (χ4v) is 10.1. The molecule has 0 spiro atoms. The Bertz CT molecular complexity index is 1690. The molecule has 81 heavy (non-hydrogen) atoms. The van der Waals surface area contributed by atoms with E-state index in [9.17, 15) is 19.0 Å². The van der Waals surface area contributed by atoms with Crippen LogP contribution in [0, 0.1) is 0 Å². The fraction of sp³-hybridized carbons (Fsp3) is 0.718. The Labute approximate surface area is 499 Å². The number of phosphoric ester groups is 1. The maximum absolute atomic E-state index is 12.8. The second-order valence-corrected chi connectivity index (χ2v) is 23.4. The number of hydrogen-bond acceptors (Lipinski definition) is 8. The van der Waals surface area contributed by atoms with Crippen LogP contribution in [0.2, 0.25) is 0 Å². The van der Waals surface area contributed by atoms with Gasteiger partial charge in [0.1, 0.15) is 6.61 Å². The predicted octanol–water partition coefficient (Wildman–Crippen LogP) is 21.7. The van der Waals surface area contributed by atoms with Crippen LogP contribution in [0.4, 0.5) is 0 Å². The van der Waals surface area contributed by atoms with Gasteiger partial charge in [-0.15, -0.1) is 0 Å². The van der Waals surface area contributed by atoms with E-state index in [1.165, 1.54) is 167 Å². The summed E-state index contributed by atoms with van der Waals surface area (Å²) in [5.41, 5.74) is 5.40. The van der Waals surface area contributed by atoms with Crippen LogP contribution < -0.4 is 5.73 Å². The predicted molar refractivity (Wildman–Crippen MR) is 348 cm³/mol. The van der Waals surface area contributed by atoms with Crippen LogP contribution in [-0.2, 0) is 32.7 Å². The van der Waals surface area contributed by atoms with E-state index in [2.05, 4.69) is 123 Å². The summed E-state index contributed by atoms with van der Waals surface area (Å²) in [7, 11) is -4.40. The first-order chi connectivity index (χ1) is 39.8. The van der Waals surface area contributed by atoms with Crippen molar-refractivity contribution in [3.8, 4) is 0 Å². The van der Waals surface area contributed by atoms with Crippen molar-refractivity contribution in [3.63, 3.8) is 0 Å². The molecule has 0 saturated heterocycles. The maximum Gasteiger partial charge on any atom is 0.472 e. The molecule has 0 radical (unpaired) electrons. The molecule has 2 atom stereocenters. The maximum atomic E-state index is 12.8. The van der Waals surface area contributed by atoms with E-state index >= 15 is 0 Å². The van der Waals surface area contributed by atoms with Crippen LogP contribution in [0.3, 0.4) is 0 Å². The van der Waals surface area contributed by atoms with Crippen LogP contribution in [-0.4, -0.2) is 49.3 Å². The normalized spacial score (nSPS) is 13.7. The van der Waals surface area contributed by atoms with Crippen molar-refractivity contribution in [3.05, 3.63) is 109 Å². The number of allylic oxidation sites excluding steroid dienone is 18. The lowest BCUT2D eigenvalue weighted by atomic mass is 10.0. The monoisotopic (exact) mass is 1150 g/mol. The number of phosphoric acid groups is 1. The van der Waals surface area contributed by atoms with Gasteiger partial charge < -0.3 is 20.1 Å². The van der Waals surface area contributed by atoms with Crippen molar-refractivity contribution in [2.45, 2.75) is 302 Å². The second kappa shape index (κ2) is 65.8. The summed E-state index contributed by atoms with van der Waals surface area (Å²) in [6.45, 7) is 3.55. The molecule has 0 bridgehead atoms. The molecule has 2 unspecified atom stereocenters. The number of hydrogen-bond donors (Lipinski definition) is 2. The van der Waals surface area contributed by atoms with E-state index in [0.717, 1.165) is 96.3 Å². The number of carbonyl (C=O) groups excluding carboxylic acids is 2. The molecule has 0 aliphatic heterocycles. The van der Waals surface area contributed by atoms with Gasteiger partial charge in [0.2, 0.25) is 0 Å². The van der Waals surface area contributed by atoms with Crippen molar-refractivity contribution in [2.75, 3.05) is 26.4 Å². The van der Waals surface area contributed by atoms with E-state index in [-0.39, 0.29) is 38.6 Å². The molecule has 466 valence electrons. The highest BCUT2D eigenvalue weighted by atomic mass is 31.2. The SMILES string of the molecule is CC/C=C\C/C=C\C/C=C\C/C=C\C/C=C\CCCCCCCCCCCCCCCC(=O)OC(COC(=O)CCCCCCCCCCCCCCCCCCCC/C=C\C/C=C\C/C=C\C/C=C\CC)COP(=O)(O)OCCN. The molecule has 0 aromatic rings. The quantitative estimate of drug-likeness (QED) is 0.0264. The Kier molecular flexibility index (Phi) is 63.1. The molecule has 3 N–H and O–H groups in total. The molecule has 0 fully saturated rings. The van der Waals surface area contributed by atoms with Gasteiger partial charge >= 0.3 is 19.8 Å². The van der Waals surface area contributed by atoms with Crippen LogP contribution in [0.15, 0.2) is 109 Å². The van der Waals surface area contributed by atoms with Gasteiger partial charge in [-0.05, 0) is 96.3 Å². The van der Waals surface area contributed by atoms with Crippen molar-refractivity contribution in [1.29, 1.82) is 0 Å². The minimum absolute atomic E-state index is 0.0504. The molecule has 0 aromatic heterocycles. The van der Waals surface area contributed by atoms with Crippen molar-refractivity contribution >= 4 is 19.8 Å². The van der Waals surface area contributed by atoms with Gasteiger partial charge in [-0.3, -0.25) is 18.6 Å². The number of rotatable bonds is 62. The number of nitrogens with two attached hydrogens (primary N) is 1. The van der Waals surface area contributed by atoms with Gasteiger partial charge in [0.25, 0.3) is 0 Å². The first kappa shape index (κ1) is 77.7. The summed E-state index contributed by atoms with van der Waals surface area (Å²) in [6, 6.07) is 0. The summed E-state index contributed by atoms with van der Waals surface area (Å²) in [4.78, 5) is 35.3. The Balaban J connectivity index is 3.89. The van der Waals surface area contributed by atoms with Crippen LogP contribution in [0.25, 0.3) is 0 Å². The Hall–Kier alpha value is -3.33. The Morgan fingerprint density at radius 1 is 0.370 bits per heavy atom. The third-order valence-electron chi connectivity index (χ3n) is 14.2. The zero-order chi connectivity index (χ0) is 58.7. The van der Waals surface area contributed by atoms with Gasteiger partial charge in [0.05, 0.1) is 13.2 Å². The average Bonchev–Trinajstić information content (AvgIpc) is 3.46. The van der Waals surface area contributed by atoms with Gasteiger partial charge in [-0.2, -0.15) is 0 Å². The minimum atomic E-state index is -4.40. The van der Waals surface area contributed by atoms with Gasteiger partial charge in [0.15, 0.2) is 6.10 Å². The number of carbonyl (C=O) groups is 2. The number of unbranched alkanes of at least 4 members (excludes halogenated alkanes) is 31. The van der Waals surface area contributed by atoms with Gasteiger partial charge in [-0.1, -0.05) is 297 Å². The third kappa shape index (κ3) is 65.7. The highest BCUT2D eigenvalue weighted by Gasteiger charge is 2.26. The van der Waals surface area contributed by atoms with E-state index in [1.807, 2.05) is 0 Å². The van der Waals surface area contributed by atoms with E-state index in [1.54, 1.807) is 0 Å². The van der Waals surface area contributed by atoms with Crippen LogP contribution >= 0.6 is 7.82 Å². The lowest BCUT2D eigenvalue weighted by Gasteiger charge is -2.19. The molecule has 0 amide bonds. The highest BCUT2D eigenvalue weighted by Crippen LogP contribution is 2.43. The summed E-state index contributed by atoms with van der Waals surface area (Å²) in [5.74, 6) is -0.822. The molecular weight excluding hydrogens is 1030 g/mol. The molecule has 0 aliphatic carbocycles. The topological polar surface area (TPSA) is 134 Å². The smallest absolute Gasteiger partial charge is 0.462 e. The molecule has 0 rings (SSSR count). The third-order valence-corrected chi connectivity index (χ3v) is 15.1. The van der Waals surface area contributed by atoms with Crippen LogP contribution in [0.1, 0.15) is 296 Å². The molecule has 0 saturated carbocycles. The lowest BCUT2D eigenvalue weighted by molar-refractivity contribution is -0.161. The Morgan fingerprint density at radius 3 is 0.951 bits per heavy atom. The van der Waals surface area contributed by atoms with Crippen molar-refractivity contribution in [2.24, 2.45) is 5.73 Å². The first-order valence-electron chi connectivity index (χ1n) is 33.4. The zero-order valence-electron chi connectivity index (χ0n) is 52.2. The molecular formula is C71H124NO8P. The second-order valence-electron chi connectivity index (χ2n) is 21.9. The largest absolute Gasteiger partial charge is 0.472 e. The fourth-order valence-electron chi connectivity index (χ4n) is 9.30. The standard InChI is InChI=1S/C71H124NO8P/c1-3-5-7-9-11-13-15-17-19-21-23-25-27-29-31-33-34-36-37-39-41-43-45-47-49-51-53-55-57-59-61-63-70(73)77-67-69(68-79-81(75,76)78-66-65-72)80-71(74)64-62-60-58-56-54-52-50-48-46-44-42-40-38-35-32-30-28-26-24-22-20-18-16-14-12-10-8-6-4-2/h5-8,11-14,17-20,23-26,30,32,69H,3-4,9-10,15-16,21-22,27-29,31,33-68,72H2,1-2H3,(H,75,76)/b7-5-,8-6-,13-11-,14-12-,19-17-,20-18-,25-23-,26-24-,32-30-. The first-order valence-corrected chi connectivity index (χ1v) is 34.9. The summed E-state index contributed by atoms with van der Waals surface area (Å²) < 4.78 is 33.2. The summed E-state index contributed by atoms with van der Waals surface area (Å²) in [5, 5.41) is 0. The van der Waals surface area contributed by atoms with Gasteiger partial charge in [-0.25, -0.2) is 4.57 Å². The van der Waals surface area contributed by atoms with Crippen molar-refractivity contribution < 1.29 is 37.6 Å². The van der Waals surface area contributed by atoms with Gasteiger partial charge in [0, 0.05) is 19.4 Å². The molecule has 0 heterocycles. The van der Waals surface area contributed by atoms with Crippen molar-refractivity contribution in [1.82, 2.24) is 0 Å². The molecule has 0 aromatic carbocycles. The lowest BCUT2D eigenvalue weighted by Crippen LogP contribution is -2.29.